The van der Waals surface area contributed by atoms with Gasteiger partial charge in [0.2, 0.25) is 11.8 Å². The van der Waals surface area contributed by atoms with Gasteiger partial charge in [0.25, 0.3) is 0 Å². The third-order valence-corrected chi connectivity index (χ3v) is 4.37. The number of carbonyl (C=O) groups excluding carboxylic acids is 3. The van der Waals surface area contributed by atoms with Crippen molar-refractivity contribution in [2.24, 2.45) is 11.0 Å². The zero-order valence-corrected chi connectivity index (χ0v) is 16.9. The molecule has 7 nitrogen and oxygen atoms in total. The first-order valence-corrected chi connectivity index (χ1v) is 9.22. The number of hydrazone groups is 1. The molecule has 2 amide bonds. The Morgan fingerprint density at radius 1 is 1.19 bits per heavy atom. The summed E-state index contributed by atoms with van der Waals surface area (Å²) in [6.45, 7) is 7.31. The lowest BCUT2D eigenvalue weighted by molar-refractivity contribution is -0.145. The number of ether oxygens (including phenoxy) is 1. The molecule has 0 bridgehead atoms. The van der Waals surface area contributed by atoms with E-state index >= 15 is 0 Å². The van der Waals surface area contributed by atoms with E-state index < -0.39 is 11.8 Å². The van der Waals surface area contributed by atoms with Crippen LogP contribution in [0.3, 0.4) is 0 Å². The Morgan fingerprint density at radius 2 is 1.85 bits per heavy atom. The van der Waals surface area contributed by atoms with Crippen LogP contribution in [0, 0.1) is 12.8 Å². The van der Waals surface area contributed by atoms with E-state index in [1.807, 2.05) is 6.92 Å². The van der Waals surface area contributed by atoms with E-state index in [0.717, 1.165) is 5.56 Å². The SMILES string of the molecule is CCOC(=O)[C@@H](CC)/C(C)=N\NC(=O)CCC(=O)Nc1cccc(Cl)c1C. The topological polar surface area (TPSA) is 96.9 Å². The number of halogens is 1. The minimum absolute atomic E-state index is 0.00143. The van der Waals surface area contributed by atoms with E-state index in [0.29, 0.717) is 22.8 Å². The van der Waals surface area contributed by atoms with Gasteiger partial charge in [0.15, 0.2) is 0 Å². The van der Waals surface area contributed by atoms with Crippen molar-refractivity contribution in [3.05, 3.63) is 28.8 Å². The number of carbonyl (C=O) groups is 3. The molecule has 27 heavy (non-hydrogen) atoms. The number of anilines is 1. The first kappa shape index (κ1) is 22.6. The van der Waals surface area contributed by atoms with E-state index in [-0.39, 0.29) is 31.3 Å². The van der Waals surface area contributed by atoms with Gasteiger partial charge in [-0.1, -0.05) is 24.6 Å². The molecule has 0 aliphatic carbocycles. The standard InChI is InChI=1S/C19H26ClN3O4/c1-5-14(19(26)27-6-2)13(4)22-23-18(25)11-10-17(24)21-16-9-7-8-15(20)12(16)3/h7-9,14H,5-6,10-11H2,1-4H3,(H,21,24)(H,23,25)/b22-13-/t14-/m0/s1. The van der Waals surface area contributed by atoms with E-state index in [1.54, 1.807) is 39.0 Å². The average molecular weight is 396 g/mol. The van der Waals surface area contributed by atoms with Crippen LogP contribution in [-0.4, -0.2) is 30.1 Å². The van der Waals surface area contributed by atoms with Crippen LogP contribution in [0.25, 0.3) is 0 Å². The Morgan fingerprint density at radius 3 is 2.48 bits per heavy atom. The van der Waals surface area contributed by atoms with Crippen molar-refractivity contribution in [1.29, 1.82) is 0 Å². The van der Waals surface area contributed by atoms with Gasteiger partial charge in [-0.05, 0) is 44.9 Å². The summed E-state index contributed by atoms with van der Waals surface area (Å²) < 4.78 is 4.98. The van der Waals surface area contributed by atoms with Crippen molar-refractivity contribution in [3.8, 4) is 0 Å². The molecule has 0 saturated heterocycles. The molecule has 1 aromatic carbocycles. The van der Waals surface area contributed by atoms with Crippen molar-refractivity contribution in [1.82, 2.24) is 5.43 Å². The molecule has 0 heterocycles. The van der Waals surface area contributed by atoms with Gasteiger partial charge in [0.1, 0.15) is 0 Å². The van der Waals surface area contributed by atoms with Gasteiger partial charge in [0.05, 0.1) is 12.5 Å². The fourth-order valence-corrected chi connectivity index (χ4v) is 2.52. The summed E-state index contributed by atoms with van der Waals surface area (Å²) >= 11 is 6.01. The summed E-state index contributed by atoms with van der Waals surface area (Å²) in [5.74, 6) is -1.58. The third-order valence-electron chi connectivity index (χ3n) is 3.96. The van der Waals surface area contributed by atoms with Crippen LogP contribution < -0.4 is 10.7 Å². The normalized spacial score (nSPS) is 12.3. The molecule has 2 N–H and O–H groups in total. The Balaban J connectivity index is 2.51. The van der Waals surface area contributed by atoms with Crippen LogP contribution in [0.2, 0.25) is 5.02 Å². The van der Waals surface area contributed by atoms with Crippen molar-refractivity contribution in [2.45, 2.75) is 47.0 Å². The Labute approximate surface area is 164 Å². The quantitative estimate of drug-likeness (QED) is 0.380. The molecule has 0 aromatic heterocycles. The lowest BCUT2D eigenvalue weighted by Crippen LogP contribution is -2.27. The maximum absolute atomic E-state index is 12.0. The first-order chi connectivity index (χ1) is 12.8. The van der Waals surface area contributed by atoms with Crippen molar-refractivity contribution >= 4 is 40.8 Å². The van der Waals surface area contributed by atoms with Crippen molar-refractivity contribution < 1.29 is 19.1 Å². The molecule has 0 aliphatic rings. The smallest absolute Gasteiger partial charge is 0.314 e. The largest absolute Gasteiger partial charge is 0.465 e. The summed E-state index contributed by atoms with van der Waals surface area (Å²) in [5.41, 5.74) is 4.21. The number of esters is 1. The van der Waals surface area contributed by atoms with Gasteiger partial charge >= 0.3 is 5.97 Å². The molecule has 148 valence electrons. The second kappa shape index (κ2) is 11.3. The number of amides is 2. The average Bonchev–Trinajstić information content (AvgIpc) is 2.63. The minimum atomic E-state index is -0.501. The van der Waals surface area contributed by atoms with Gasteiger partial charge in [0, 0.05) is 29.3 Å². The number of nitrogens with one attached hydrogen (secondary N) is 2. The Kier molecular flexibility index (Phi) is 9.50. The summed E-state index contributed by atoms with van der Waals surface area (Å²) in [7, 11) is 0. The first-order valence-electron chi connectivity index (χ1n) is 8.84. The predicted octanol–water partition coefficient (Wildman–Crippen LogP) is 3.45. The highest BCUT2D eigenvalue weighted by Gasteiger charge is 2.21. The molecule has 0 unspecified atom stereocenters. The van der Waals surface area contributed by atoms with Crippen LogP contribution in [0.15, 0.2) is 23.3 Å². The third kappa shape index (κ3) is 7.38. The predicted molar refractivity (Wildman–Crippen MR) is 106 cm³/mol. The van der Waals surface area contributed by atoms with Crippen LogP contribution in [0.1, 0.15) is 45.6 Å². The molecule has 0 radical (unpaired) electrons. The van der Waals surface area contributed by atoms with Crippen LogP contribution in [0.4, 0.5) is 5.69 Å². The maximum atomic E-state index is 12.0. The summed E-state index contributed by atoms with van der Waals surface area (Å²) in [6, 6.07) is 5.22. The number of rotatable bonds is 9. The molecule has 8 heteroatoms. The molecule has 0 fully saturated rings. The van der Waals surface area contributed by atoms with E-state index in [9.17, 15) is 14.4 Å². The second-order valence-corrected chi connectivity index (χ2v) is 6.37. The molecule has 0 spiro atoms. The molecule has 0 saturated carbocycles. The van der Waals surface area contributed by atoms with Gasteiger partial charge < -0.3 is 10.1 Å². The van der Waals surface area contributed by atoms with Gasteiger partial charge in [-0.25, -0.2) is 5.43 Å². The van der Waals surface area contributed by atoms with Gasteiger partial charge in [-0.3, -0.25) is 14.4 Å². The lowest BCUT2D eigenvalue weighted by atomic mass is 10.0. The Hall–Kier alpha value is -2.41. The van der Waals surface area contributed by atoms with Crippen molar-refractivity contribution in [2.75, 3.05) is 11.9 Å². The lowest BCUT2D eigenvalue weighted by Gasteiger charge is -2.13. The number of hydrogen-bond acceptors (Lipinski definition) is 5. The van der Waals surface area contributed by atoms with Crippen molar-refractivity contribution in [3.63, 3.8) is 0 Å². The number of nitrogens with zero attached hydrogens (tertiary/aromatic N) is 1. The molecule has 1 atom stereocenters. The van der Waals surface area contributed by atoms with Crippen LogP contribution in [0.5, 0.6) is 0 Å². The van der Waals surface area contributed by atoms with Crippen LogP contribution in [-0.2, 0) is 19.1 Å². The van der Waals surface area contributed by atoms with E-state index in [1.165, 1.54) is 0 Å². The van der Waals surface area contributed by atoms with Gasteiger partial charge in [-0.2, -0.15) is 5.10 Å². The highest BCUT2D eigenvalue weighted by Crippen LogP contribution is 2.23. The van der Waals surface area contributed by atoms with Gasteiger partial charge in [-0.15, -0.1) is 0 Å². The highest BCUT2D eigenvalue weighted by molar-refractivity contribution is 6.31. The van der Waals surface area contributed by atoms with E-state index in [2.05, 4.69) is 15.8 Å². The molecule has 0 aliphatic heterocycles. The van der Waals surface area contributed by atoms with E-state index in [4.69, 9.17) is 16.3 Å². The fourth-order valence-electron chi connectivity index (χ4n) is 2.34. The zero-order valence-electron chi connectivity index (χ0n) is 16.1. The second-order valence-electron chi connectivity index (χ2n) is 5.96. The number of hydrogen-bond donors (Lipinski definition) is 2. The molecule has 1 rings (SSSR count). The fraction of sp³-hybridized carbons (Fsp3) is 0.474. The highest BCUT2D eigenvalue weighted by atomic mass is 35.5. The summed E-state index contributed by atoms with van der Waals surface area (Å²) in [4.78, 5) is 35.7. The Bertz CT molecular complexity index is 719. The minimum Gasteiger partial charge on any atom is -0.465 e. The molecule has 1 aromatic rings. The molecular formula is C19H26ClN3O4. The maximum Gasteiger partial charge on any atom is 0.314 e. The van der Waals surface area contributed by atoms with Crippen LogP contribution >= 0.6 is 11.6 Å². The molecular weight excluding hydrogens is 370 g/mol. The monoisotopic (exact) mass is 395 g/mol. The summed E-state index contributed by atoms with van der Waals surface area (Å²) in [5, 5.41) is 7.24. The summed E-state index contributed by atoms with van der Waals surface area (Å²) in [6.07, 6.45) is 0.491. The zero-order chi connectivity index (χ0) is 20.4. The number of benzene rings is 1.